The maximum atomic E-state index is 11.9. The minimum absolute atomic E-state index is 0.0667. The van der Waals surface area contributed by atoms with Crippen LogP contribution in [0, 0.1) is 0 Å². The second-order valence-corrected chi connectivity index (χ2v) is 7.10. The second-order valence-electron chi connectivity index (χ2n) is 2.65. The van der Waals surface area contributed by atoms with E-state index < -0.39 is 6.49 Å². The zero-order chi connectivity index (χ0) is 9.64. The van der Waals surface area contributed by atoms with Crippen LogP contribution in [0.4, 0.5) is 0 Å². The Morgan fingerprint density at radius 1 is 1.15 bits per heavy atom. The maximum absolute atomic E-state index is 11.9. The fourth-order valence-corrected chi connectivity index (χ4v) is 4.40. The van der Waals surface area contributed by atoms with Gasteiger partial charge in [0.2, 0.25) is 6.49 Å². The Morgan fingerprint density at radius 2 is 1.77 bits per heavy atom. The van der Waals surface area contributed by atoms with Gasteiger partial charge in [0.05, 0.1) is 5.03 Å². The first kappa shape index (κ1) is 9.61. The van der Waals surface area contributed by atoms with E-state index in [1.807, 2.05) is 0 Å². The Bertz CT molecular complexity index is 452. The van der Waals surface area contributed by atoms with E-state index >= 15 is 0 Å². The first-order chi connectivity index (χ1) is 6.05. The second kappa shape index (κ2) is 3.03. The number of hydrogen-bond donors (Lipinski definition) is 0. The zero-order valence-corrected chi connectivity index (χ0v) is 9.46. The molecule has 1 nitrogen and oxygen atoms in total. The third-order valence-electron chi connectivity index (χ3n) is 1.88. The summed E-state index contributed by atoms with van der Waals surface area (Å²) in [5.74, 6) is 0. The van der Waals surface area contributed by atoms with Gasteiger partial charge in [-0.15, -0.1) is 0 Å². The fourth-order valence-electron chi connectivity index (χ4n) is 1.25. The van der Waals surface area contributed by atoms with Gasteiger partial charge in [0.25, 0.3) is 0 Å². The van der Waals surface area contributed by atoms with Crippen molar-refractivity contribution in [3.05, 3.63) is 34.6 Å². The van der Waals surface area contributed by atoms with Crippen molar-refractivity contribution in [2.24, 2.45) is 0 Å². The van der Waals surface area contributed by atoms with Gasteiger partial charge in [-0.2, -0.15) is 0 Å². The summed E-state index contributed by atoms with van der Waals surface area (Å²) in [6.45, 7) is -3.10. The molecule has 1 heterocycles. The van der Waals surface area contributed by atoms with Crippen LogP contribution < -0.4 is 5.30 Å². The monoisotopic (exact) mass is 252 g/mol. The van der Waals surface area contributed by atoms with E-state index in [0.717, 1.165) is 0 Å². The first-order valence-corrected chi connectivity index (χ1v) is 6.87. The van der Waals surface area contributed by atoms with Crippen molar-refractivity contribution in [2.45, 2.75) is 0 Å². The lowest BCUT2D eigenvalue weighted by Crippen LogP contribution is -1.99. The van der Waals surface area contributed by atoms with Crippen LogP contribution in [0.5, 0.6) is 0 Å². The highest BCUT2D eigenvalue weighted by atomic mass is 35.7. The third-order valence-corrected chi connectivity index (χ3v) is 6.46. The Balaban J connectivity index is 2.81. The molecule has 0 aliphatic carbocycles. The van der Waals surface area contributed by atoms with Gasteiger partial charge in [0, 0.05) is 10.9 Å². The molecule has 0 spiro atoms. The highest BCUT2D eigenvalue weighted by molar-refractivity contribution is 8.00. The predicted octanol–water partition coefficient (Wildman–Crippen LogP) is 3.95. The Morgan fingerprint density at radius 3 is 2.38 bits per heavy atom. The SMILES string of the molecule is O=P1(Cl)C(Cl)=C(Cl)c2ccccc21. The zero-order valence-electron chi connectivity index (χ0n) is 6.30. The van der Waals surface area contributed by atoms with E-state index in [1.54, 1.807) is 24.3 Å². The molecule has 1 aromatic carbocycles. The number of hydrogen-bond acceptors (Lipinski definition) is 1. The van der Waals surface area contributed by atoms with Crippen molar-refractivity contribution in [2.75, 3.05) is 0 Å². The molecule has 1 aliphatic heterocycles. The lowest BCUT2D eigenvalue weighted by atomic mass is 10.2. The Labute approximate surface area is 90.5 Å². The standard InChI is InChI=1S/C8H4Cl3OP/c9-7-5-3-1-2-4-6(5)13(11,12)8(7)10/h1-4H. The van der Waals surface area contributed by atoms with E-state index in [9.17, 15) is 4.57 Å². The Kier molecular flexibility index (Phi) is 2.24. The average molecular weight is 253 g/mol. The molecule has 5 heteroatoms. The number of halogens is 3. The molecule has 1 unspecified atom stereocenters. The Hall–Kier alpha value is 0.0600. The smallest absolute Gasteiger partial charge is 0.238 e. The normalized spacial score (nSPS) is 26.4. The molecule has 1 aromatic rings. The summed E-state index contributed by atoms with van der Waals surface area (Å²) in [6, 6.07) is 6.99. The van der Waals surface area contributed by atoms with Crippen LogP contribution in [0.2, 0.25) is 0 Å². The minimum atomic E-state index is -3.10. The summed E-state index contributed by atoms with van der Waals surface area (Å²) >= 11 is 17.5. The summed E-state index contributed by atoms with van der Waals surface area (Å²) < 4.78 is 11.9. The van der Waals surface area contributed by atoms with Crippen LogP contribution in [-0.2, 0) is 4.57 Å². The van der Waals surface area contributed by atoms with Crippen LogP contribution in [0.3, 0.4) is 0 Å². The molecule has 0 bridgehead atoms. The summed E-state index contributed by atoms with van der Waals surface area (Å²) in [5, 5.41) is 0.835. The molecular weight excluding hydrogens is 249 g/mol. The van der Waals surface area contributed by atoms with Crippen LogP contribution >= 0.6 is 40.9 Å². The van der Waals surface area contributed by atoms with Gasteiger partial charge in [-0.3, -0.25) is 4.57 Å². The van der Waals surface area contributed by atoms with Crippen LogP contribution in [-0.4, -0.2) is 0 Å². The third kappa shape index (κ3) is 1.27. The van der Waals surface area contributed by atoms with Gasteiger partial charge in [0.15, 0.2) is 0 Å². The molecule has 0 amide bonds. The summed E-state index contributed by atoms with van der Waals surface area (Å²) in [5.41, 5.74) is 0.674. The number of benzene rings is 1. The molecule has 1 atom stereocenters. The largest absolute Gasteiger partial charge is 0.295 e. The highest BCUT2D eigenvalue weighted by Gasteiger charge is 2.37. The van der Waals surface area contributed by atoms with Crippen molar-refractivity contribution in [1.29, 1.82) is 0 Å². The molecule has 0 N–H and O–H groups in total. The lowest BCUT2D eigenvalue weighted by molar-refractivity contribution is 0.594. The first-order valence-electron chi connectivity index (χ1n) is 3.50. The average Bonchev–Trinajstić information content (AvgIpc) is 2.30. The molecule has 13 heavy (non-hydrogen) atoms. The van der Waals surface area contributed by atoms with E-state index in [2.05, 4.69) is 0 Å². The predicted molar refractivity (Wildman–Crippen MR) is 58.2 cm³/mol. The van der Waals surface area contributed by atoms with Crippen LogP contribution in [0.15, 0.2) is 29.0 Å². The molecule has 1 aliphatic rings. The summed E-state index contributed by atoms with van der Waals surface area (Å²) in [6.07, 6.45) is 0. The summed E-state index contributed by atoms with van der Waals surface area (Å²) in [4.78, 5) is 0. The van der Waals surface area contributed by atoms with Crippen LogP contribution in [0.1, 0.15) is 5.56 Å². The maximum Gasteiger partial charge on any atom is 0.238 e. The minimum Gasteiger partial charge on any atom is -0.295 e. The number of fused-ring (bicyclic) bond motifs is 1. The van der Waals surface area contributed by atoms with Crippen molar-refractivity contribution >= 4 is 51.3 Å². The van der Waals surface area contributed by atoms with Gasteiger partial charge in [-0.05, 0) is 17.3 Å². The van der Waals surface area contributed by atoms with Gasteiger partial charge >= 0.3 is 0 Å². The van der Waals surface area contributed by atoms with E-state index in [4.69, 9.17) is 34.4 Å². The quantitative estimate of drug-likeness (QED) is 0.640. The number of rotatable bonds is 0. The van der Waals surface area contributed by atoms with Gasteiger partial charge in [-0.25, -0.2) is 0 Å². The lowest BCUT2D eigenvalue weighted by Gasteiger charge is -2.02. The van der Waals surface area contributed by atoms with E-state index in [1.165, 1.54) is 0 Å². The molecule has 0 fully saturated rings. The topological polar surface area (TPSA) is 17.1 Å². The highest BCUT2D eigenvalue weighted by Crippen LogP contribution is 2.66. The molecule has 68 valence electrons. The van der Waals surface area contributed by atoms with E-state index in [-0.39, 0.29) is 4.77 Å². The molecule has 2 rings (SSSR count). The fraction of sp³-hybridized carbons (Fsp3) is 0. The van der Waals surface area contributed by atoms with Crippen molar-refractivity contribution < 1.29 is 4.57 Å². The molecule has 0 saturated carbocycles. The van der Waals surface area contributed by atoms with Gasteiger partial charge < -0.3 is 0 Å². The van der Waals surface area contributed by atoms with E-state index in [0.29, 0.717) is 15.9 Å². The molecule has 0 saturated heterocycles. The van der Waals surface area contributed by atoms with Gasteiger partial charge in [-0.1, -0.05) is 41.4 Å². The molecule has 0 aromatic heterocycles. The molecular formula is C8H4Cl3OP. The van der Waals surface area contributed by atoms with Crippen molar-refractivity contribution in [3.63, 3.8) is 0 Å². The van der Waals surface area contributed by atoms with Gasteiger partial charge in [0.1, 0.15) is 4.77 Å². The van der Waals surface area contributed by atoms with Crippen molar-refractivity contribution in [3.8, 4) is 0 Å². The summed E-state index contributed by atoms with van der Waals surface area (Å²) in [7, 11) is 0. The van der Waals surface area contributed by atoms with Crippen molar-refractivity contribution in [1.82, 2.24) is 0 Å². The van der Waals surface area contributed by atoms with Crippen LogP contribution in [0.25, 0.3) is 5.03 Å². The molecule has 0 radical (unpaired) electrons.